The molecule has 1 aliphatic rings. The largest absolute Gasteiger partial charge is 1.00 e. The van der Waals surface area contributed by atoms with Crippen LogP contribution in [0.5, 0.6) is 0 Å². The fraction of sp³-hybridized carbons (Fsp3) is 0.579. The van der Waals surface area contributed by atoms with Crippen LogP contribution < -0.4 is 24.0 Å². The molecule has 1 heterocycles. The van der Waals surface area contributed by atoms with E-state index in [-0.39, 0.29) is 35.4 Å². The number of carbonyl (C=O) groups is 1. The molecule has 0 unspecified atom stereocenters. The van der Waals surface area contributed by atoms with E-state index in [1.54, 1.807) is 0 Å². The molecule has 3 nitrogen and oxygen atoms in total. The fourth-order valence-electron chi connectivity index (χ4n) is 3.19. The van der Waals surface area contributed by atoms with E-state index in [2.05, 4.69) is 59.5 Å². The smallest absolute Gasteiger partial charge is 0.305 e. The van der Waals surface area contributed by atoms with E-state index in [0.29, 0.717) is 13.0 Å². The summed E-state index contributed by atoms with van der Waals surface area (Å²) in [5.41, 5.74) is 4.18. The number of esters is 1. The molecule has 0 amide bonds. The van der Waals surface area contributed by atoms with Crippen LogP contribution in [-0.4, -0.2) is 29.4 Å². The number of halogens is 2. The number of hydrogen-bond donors (Lipinski definition) is 0. The molecule has 0 bridgehead atoms. The minimum absolute atomic E-state index is 0. The van der Waals surface area contributed by atoms with Crippen molar-refractivity contribution in [2.75, 3.05) is 13.2 Å². The third-order valence-corrected chi connectivity index (χ3v) is 5.29. The van der Waals surface area contributed by atoms with Crippen molar-refractivity contribution in [3.63, 3.8) is 0 Å². The summed E-state index contributed by atoms with van der Waals surface area (Å²) in [5, 5.41) is 0. The average molecular weight is 508 g/mol. The van der Waals surface area contributed by atoms with Gasteiger partial charge in [0.25, 0.3) is 0 Å². The maximum atomic E-state index is 11.4. The van der Waals surface area contributed by atoms with E-state index >= 15 is 0 Å². The van der Waals surface area contributed by atoms with Gasteiger partial charge in [-0.3, -0.25) is 4.79 Å². The Morgan fingerprint density at radius 1 is 1.25 bits per heavy atom. The summed E-state index contributed by atoms with van der Waals surface area (Å²) in [7, 11) is 0. The molecule has 0 spiro atoms. The molecule has 0 atom stereocenters. The maximum Gasteiger partial charge on any atom is 0.305 e. The normalized spacial score (nSPS) is 15.0. The lowest BCUT2D eigenvalue weighted by molar-refractivity contribution is -0.439. The Labute approximate surface area is 171 Å². The third-order valence-electron chi connectivity index (χ3n) is 4.80. The van der Waals surface area contributed by atoms with Gasteiger partial charge < -0.3 is 28.7 Å². The van der Waals surface area contributed by atoms with Crippen LogP contribution in [-0.2, 0) is 14.9 Å². The highest BCUT2D eigenvalue weighted by molar-refractivity contribution is 9.10. The Bertz CT molecular complexity index is 626. The van der Waals surface area contributed by atoms with E-state index < -0.39 is 0 Å². The lowest BCUT2D eigenvalue weighted by Crippen LogP contribution is -3.00. The molecule has 0 saturated heterocycles. The number of benzene rings is 1. The van der Waals surface area contributed by atoms with Crippen LogP contribution in [0.3, 0.4) is 0 Å². The highest BCUT2D eigenvalue weighted by atomic mass is 127. The Hall–Kier alpha value is -0.430. The zero-order chi connectivity index (χ0) is 17.0. The molecular weight excluding hydrogens is 481 g/mol. The van der Waals surface area contributed by atoms with Gasteiger partial charge in [0.1, 0.15) is 6.54 Å². The second kappa shape index (κ2) is 9.32. The van der Waals surface area contributed by atoms with Gasteiger partial charge in [-0.25, -0.2) is 0 Å². The first-order valence-electron chi connectivity index (χ1n) is 8.45. The summed E-state index contributed by atoms with van der Waals surface area (Å²) in [5.74, 6) is -0.0762. The maximum absolute atomic E-state index is 11.4. The highest BCUT2D eigenvalue weighted by Gasteiger charge is 2.42. The van der Waals surface area contributed by atoms with E-state index in [1.165, 1.54) is 17.0 Å². The number of ether oxygens (including phenoxy) is 1. The molecule has 0 aromatic heterocycles. The van der Waals surface area contributed by atoms with Crippen LogP contribution in [0.2, 0.25) is 0 Å². The van der Waals surface area contributed by atoms with Crippen molar-refractivity contribution in [1.29, 1.82) is 0 Å². The molecule has 24 heavy (non-hydrogen) atoms. The first kappa shape index (κ1) is 21.6. The summed E-state index contributed by atoms with van der Waals surface area (Å²) >= 11 is 3.58. The van der Waals surface area contributed by atoms with Gasteiger partial charge in [-0.1, -0.05) is 15.9 Å². The topological polar surface area (TPSA) is 29.3 Å². The third kappa shape index (κ3) is 4.81. The fourth-order valence-corrected chi connectivity index (χ4v) is 3.56. The van der Waals surface area contributed by atoms with Crippen LogP contribution in [0.4, 0.5) is 5.69 Å². The van der Waals surface area contributed by atoms with Gasteiger partial charge in [0, 0.05) is 35.9 Å². The number of hydrogen-bond acceptors (Lipinski definition) is 2. The number of rotatable bonds is 7. The summed E-state index contributed by atoms with van der Waals surface area (Å²) in [6, 6.07) is 6.55. The Morgan fingerprint density at radius 3 is 2.62 bits per heavy atom. The average Bonchev–Trinajstić information content (AvgIpc) is 2.68. The van der Waals surface area contributed by atoms with Gasteiger partial charge in [0.05, 0.1) is 12.0 Å². The molecule has 2 rings (SSSR count). The summed E-state index contributed by atoms with van der Waals surface area (Å²) in [6.45, 7) is 10.1. The number of nitrogens with zero attached hydrogens (tertiary/aromatic N) is 1. The minimum atomic E-state index is -0.0762. The van der Waals surface area contributed by atoms with Crippen LogP contribution in [0.15, 0.2) is 22.7 Å². The minimum Gasteiger partial charge on any atom is -1.00 e. The first-order valence-corrected chi connectivity index (χ1v) is 9.24. The molecule has 1 aliphatic heterocycles. The zero-order valence-corrected chi connectivity index (χ0v) is 18.7. The predicted octanol–water partition coefficient (Wildman–Crippen LogP) is 1.97. The molecule has 0 fully saturated rings. The van der Waals surface area contributed by atoms with Gasteiger partial charge in [-0.15, -0.1) is 0 Å². The van der Waals surface area contributed by atoms with Crippen molar-refractivity contribution in [2.45, 2.75) is 58.8 Å². The molecule has 0 aliphatic carbocycles. The lowest BCUT2D eigenvalue weighted by atomic mass is 9.82. The predicted molar refractivity (Wildman–Crippen MR) is 97.7 cm³/mol. The van der Waals surface area contributed by atoms with Crippen LogP contribution in [0.1, 0.15) is 58.9 Å². The monoisotopic (exact) mass is 507 g/mol. The van der Waals surface area contributed by atoms with Gasteiger partial charge in [0.2, 0.25) is 5.69 Å². The first-order chi connectivity index (χ1) is 10.9. The summed E-state index contributed by atoms with van der Waals surface area (Å²) in [6.07, 6.45) is 3.57. The quantitative estimate of drug-likeness (QED) is 0.244. The summed E-state index contributed by atoms with van der Waals surface area (Å²) in [4.78, 5) is 11.4. The van der Waals surface area contributed by atoms with Crippen LogP contribution >= 0.6 is 15.9 Å². The lowest BCUT2D eigenvalue weighted by Gasteiger charge is -2.14. The molecular formula is C19H27BrINO2. The second-order valence-corrected chi connectivity index (χ2v) is 7.55. The molecule has 0 saturated carbocycles. The Kier molecular flexibility index (Phi) is 8.39. The van der Waals surface area contributed by atoms with Crippen LogP contribution in [0.25, 0.3) is 0 Å². The molecule has 5 heteroatoms. The van der Waals surface area contributed by atoms with Gasteiger partial charge in [0.15, 0.2) is 5.71 Å². The molecule has 134 valence electrons. The zero-order valence-electron chi connectivity index (χ0n) is 15.0. The van der Waals surface area contributed by atoms with Crippen LogP contribution in [0, 0.1) is 0 Å². The van der Waals surface area contributed by atoms with E-state index in [4.69, 9.17) is 4.74 Å². The van der Waals surface area contributed by atoms with Crippen molar-refractivity contribution in [3.05, 3.63) is 28.2 Å². The van der Waals surface area contributed by atoms with Crippen molar-refractivity contribution in [3.8, 4) is 0 Å². The second-order valence-electron chi connectivity index (χ2n) is 6.64. The van der Waals surface area contributed by atoms with Crippen molar-refractivity contribution in [2.24, 2.45) is 0 Å². The molecule has 1 aromatic rings. The van der Waals surface area contributed by atoms with Gasteiger partial charge >= 0.3 is 5.97 Å². The van der Waals surface area contributed by atoms with Crippen molar-refractivity contribution < 1.29 is 38.1 Å². The van der Waals surface area contributed by atoms with Gasteiger partial charge in [-0.2, -0.15) is 4.58 Å². The number of fused-ring (bicyclic) bond motifs is 1. The molecule has 1 aromatic carbocycles. The van der Waals surface area contributed by atoms with E-state index in [1.807, 2.05) is 6.92 Å². The SMILES string of the molecule is CCOC(=O)CCCCC[N+]1=C(C)C(C)(C)c2cc(Br)ccc21.[I-]. The number of unbranched alkanes of at least 4 members (excludes halogenated alkanes) is 2. The van der Waals surface area contributed by atoms with E-state index in [9.17, 15) is 4.79 Å². The van der Waals surface area contributed by atoms with Crippen molar-refractivity contribution in [1.82, 2.24) is 0 Å². The Balaban J connectivity index is 0.00000288. The van der Waals surface area contributed by atoms with Gasteiger partial charge in [-0.05, 0) is 45.7 Å². The summed E-state index contributed by atoms with van der Waals surface area (Å²) < 4.78 is 8.54. The molecule has 0 N–H and O–H groups in total. The van der Waals surface area contributed by atoms with Crippen molar-refractivity contribution >= 4 is 33.3 Å². The van der Waals surface area contributed by atoms with E-state index in [0.717, 1.165) is 30.3 Å². The standard InChI is InChI=1S/C19H27BrNO2.HI/c1-5-23-18(22)9-7-6-8-12-21-14(2)19(3,4)16-13-15(20)10-11-17(16)21;/h10-11,13H,5-9,12H2,1-4H3;1H/q+1;/p-1. The highest BCUT2D eigenvalue weighted by Crippen LogP contribution is 2.40. The number of carbonyl (C=O) groups excluding carboxylic acids is 1. The Morgan fingerprint density at radius 2 is 1.96 bits per heavy atom. The molecule has 0 radical (unpaired) electrons.